The Hall–Kier alpha value is -1.56. The van der Waals surface area contributed by atoms with Gasteiger partial charge in [-0.05, 0) is 31.4 Å². The Labute approximate surface area is 187 Å². The van der Waals surface area contributed by atoms with E-state index in [1.54, 1.807) is 0 Å². The van der Waals surface area contributed by atoms with Gasteiger partial charge in [-0.2, -0.15) is 0 Å². The van der Waals surface area contributed by atoms with Crippen LogP contribution in [0.4, 0.5) is 0 Å². The number of aryl methyl sites for hydroxylation is 2. The number of hydrogen-bond acceptors (Lipinski definition) is 0. The second-order valence-corrected chi connectivity index (χ2v) is 9.70. The van der Waals surface area contributed by atoms with Crippen LogP contribution in [-0.2, 0) is 5.41 Å². The minimum absolute atomic E-state index is 0.111. The highest BCUT2D eigenvalue weighted by molar-refractivity contribution is 5.40. The Kier molecular flexibility index (Phi) is 11.3. The first kappa shape index (κ1) is 24.7. The van der Waals surface area contributed by atoms with Gasteiger partial charge >= 0.3 is 0 Å². The van der Waals surface area contributed by atoms with Gasteiger partial charge in [0.15, 0.2) is 0 Å². The van der Waals surface area contributed by atoms with E-state index in [4.69, 9.17) is 0 Å². The first-order chi connectivity index (χ1) is 14.6. The highest BCUT2D eigenvalue weighted by Crippen LogP contribution is 2.37. The van der Waals surface area contributed by atoms with E-state index in [1.807, 2.05) is 0 Å². The summed E-state index contributed by atoms with van der Waals surface area (Å²) in [5.74, 6) is 0. The molecule has 0 bridgehead atoms. The van der Waals surface area contributed by atoms with E-state index in [-0.39, 0.29) is 5.41 Å². The molecule has 2 aromatic carbocycles. The van der Waals surface area contributed by atoms with Gasteiger partial charge in [0.2, 0.25) is 0 Å². The van der Waals surface area contributed by atoms with E-state index in [0.29, 0.717) is 0 Å². The van der Waals surface area contributed by atoms with Gasteiger partial charge in [-0.25, -0.2) is 0 Å². The van der Waals surface area contributed by atoms with Gasteiger partial charge in [0, 0.05) is 5.41 Å². The van der Waals surface area contributed by atoms with Crippen molar-refractivity contribution < 1.29 is 0 Å². The predicted octanol–water partition coefficient (Wildman–Crippen LogP) is 9.70. The SMILES string of the molecule is CCCCCCCCCCCCCCC(C)(c1ccc(C)cc1)c1ccc(C)cc1. The monoisotopic (exact) mass is 406 g/mol. The Morgan fingerprint density at radius 3 is 1.20 bits per heavy atom. The molecule has 2 aromatic rings. The van der Waals surface area contributed by atoms with Crippen LogP contribution < -0.4 is 0 Å². The van der Waals surface area contributed by atoms with Gasteiger partial charge in [-0.3, -0.25) is 0 Å². The Balaban J connectivity index is 1.76. The summed E-state index contributed by atoms with van der Waals surface area (Å²) >= 11 is 0. The highest BCUT2D eigenvalue weighted by atomic mass is 14.3. The maximum Gasteiger partial charge on any atom is 0.0174 e. The molecule has 0 saturated carbocycles. The van der Waals surface area contributed by atoms with E-state index in [2.05, 4.69) is 76.2 Å². The smallest absolute Gasteiger partial charge is 0.0174 e. The van der Waals surface area contributed by atoms with Crippen molar-refractivity contribution in [2.45, 2.75) is 117 Å². The summed E-state index contributed by atoms with van der Waals surface area (Å²) < 4.78 is 0. The molecule has 0 nitrogen and oxygen atoms in total. The molecular formula is C30H46. The lowest BCUT2D eigenvalue weighted by Gasteiger charge is -2.31. The Bertz CT molecular complexity index is 631. The lowest BCUT2D eigenvalue weighted by Crippen LogP contribution is -2.23. The zero-order chi connectivity index (χ0) is 21.7. The van der Waals surface area contributed by atoms with Crippen LogP contribution in [-0.4, -0.2) is 0 Å². The molecule has 0 spiro atoms. The van der Waals surface area contributed by atoms with Gasteiger partial charge in [0.25, 0.3) is 0 Å². The lowest BCUT2D eigenvalue weighted by molar-refractivity contribution is 0.468. The third-order valence-electron chi connectivity index (χ3n) is 6.91. The number of benzene rings is 2. The molecule has 0 atom stereocenters. The number of hydrogen-bond donors (Lipinski definition) is 0. The molecule has 30 heavy (non-hydrogen) atoms. The zero-order valence-corrected chi connectivity index (χ0v) is 20.3. The lowest BCUT2D eigenvalue weighted by atomic mass is 9.72. The number of rotatable bonds is 15. The van der Waals surface area contributed by atoms with Crippen LogP contribution in [0.3, 0.4) is 0 Å². The average molecular weight is 407 g/mol. The van der Waals surface area contributed by atoms with E-state index in [9.17, 15) is 0 Å². The van der Waals surface area contributed by atoms with Crippen molar-refractivity contribution in [3.63, 3.8) is 0 Å². The molecule has 166 valence electrons. The topological polar surface area (TPSA) is 0 Å². The van der Waals surface area contributed by atoms with Gasteiger partial charge in [-0.1, -0.05) is 151 Å². The second kappa shape index (κ2) is 13.7. The van der Waals surface area contributed by atoms with Crippen molar-refractivity contribution in [2.24, 2.45) is 0 Å². The third-order valence-corrected chi connectivity index (χ3v) is 6.91. The molecule has 0 aliphatic rings. The van der Waals surface area contributed by atoms with Crippen LogP contribution in [0.5, 0.6) is 0 Å². The van der Waals surface area contributed by atoms with Crippen molar-refractivity contribution in [1.29, 1.82) is 0 Å². The molecule has 0 aromatic heterocycles. The van der Waals surface area contributed by atoms with Gasteiger partial charge < -0.3 is 0 Å². The van der Waals surface area contributed by atoms with Crippen LogP contribution in [0.15, 0.2) is 48.5 Å². The first-order valence-electron chi connectivity index (χ1n) is 12.7. The van der Waals surface area contributed by atoms with E-state index >= 15 is 0 Å². The Morgan fingerprint density at radius 2 is 0.833 bits per heavy atom. The largest absolute Gasteiger partial charge is 0.0654 e. The highest BCUT2D eigenvalue weighted by Gasteiger charge is 2.28. The molecule has 0 amide bonds. The van der Waals surface area contributed by atoms with Gasteiger partial charge in [0.05, 0.1) is 0 Å². The molecule has 0 radical (unpaired) electrons. The van der Waals surface area contributed by atoms with E-state index < -0.39 is 0 Å². The molecule has 0 N–H and O–H groups in total. The van der Waals surface area contributed by atoms with Gasteiger partial charge in [-0.15, -0.1) is 0 Å². The fourth-order valence-electron chi connectivity index (χ4n) is 4.62. The molecule has 0 unspecified atom stereocenters. The number of unbranched alkanes of at least 4 members (excludes halogenated alkanes) is 11. The summed E-state index contributed by atoms with van der Waals surface area (Å²) in [7, 11) is 0. The van der Waals surface area contributed by atoms with Gasteiger partial charge in [0.1, 0.15) is 0 Å². The van der Waals surface area contributed by atoms with Crippen LogP contribution in [0.25, 0.3) is 0 Å². The predicted molar refractivity (Wildman–Crippen MR) is 135 cm³/mol. The summed E-state index contributed by atoms with van der Waals surface area (Å²) in [5.41, 5.74) is 5.71. The summed E-state index contributed by atoms with van der Waals surface area (Å²) in [5, 5.41) is 0. The van der Waals surface area contributed by atoms with Crippen molar-refractivity contribution in [3.05, 3.63) is 70.8 Å². The Morgan fingerprint density at radius 1 is 0.500 bits per heavy atom. The van der Waals surface area contributed by atoms with Crippen molar-refractivity contribution in [2.75, 3.05) is 0 Å². The van der Waals surface area contributed by atoms with E-state index in [0.717, 1.165) is 0 Å². The molecule has 0 heterocycles. The van der Waals surface area contributed by atoms with Crippen molar-refractivity contribution in [3.8, 4) is 0 Å². The minimum Gasteiger partial charge on any atom is -0.0654 e. The molecule has 0 saturated heterocycles. The minimum atomic E-state index is 0.111. The van der Waals surface area contributed by atoms with E-state index in [1.165, 1.54) is 106 Å². The van der Waals surface area contributed by atoms with Crippen LogP contribution in [0.1, 0.15) is 120 Å². The van der Waals surface area contributed by atoms with Crippen LogP contribution in [0.2, 0.25) is 0 Å². The summed E-state index contributed by atoms with van der Waals surface area (Å²) in [4.78, 5) is 0. The molecule has 0 aliphatic heterocycles. The average Bonchev–Trinajstić information content (AvgIpc) is 2.75. The molecule has 0 aliphatic carbocycles. The molecule has 0 fully saturated rings. The van der Waals surface area contributed by atoms with Crippen LogP contribution in [0, 0.1) is 13.8 Å². The maximum absolute atomic E-state index is 2.45. The fraction of sp³-hybridized carbons (Fsp3) is 0.600. The zero-order valence-electron chi connectivity index (χ0n) is 20.3. The summed E-state index contributed by atoms with van der Waals surface area (Å²) in [6.07, 6.45) is 18.2. The maximum atomic E-state index is 2.45. The molecule has 0 heteroatoms. The summed E-state index contributed by atoms with van der Waals surface area (Å²) in [6.45, 7) is 9.10. The molecular weight excluding hydrogens is 360 g/mol. The first-order valence-corrected chi connectivity index (χ1v) is 12.7. The molecule has 2 rings (SSSR count). The third kappa shape index (κ3) is 8.29. The fourth-order valence-corrected chi connectivity index (χ4v) is 4.62. The summed E-state index contributed by atoms with van der Waals surface area (Å²) in [6, 6.07) is 18.4. The van der Waals surface area contributed by atoms with Crippen molar-refractivity contribution in [1.82, 2.24) is 0 Å². The second-order valence-electron chi connectivity index (χ2n) is 9.70. The normalized spacial score (nSPS) is 11.7. The standard InChI is InChI=1S/C30H46/c1-5-6-7-8-9-10-11-12-13-14-15-16-25-30(4,28-21-17-26(2)18-22-28)29-23-19-27(3)20-24-29/h17-24H,5-16,25H2,1-4H3. The van der Waals surface area contributed by atoms with Crippen LogP contribution >= 0.6 is 0 Å². The quantitative estimate of drug-likeness (QED) is 0.258. The van der Waals surface area contributed by atoms with Crippen molar-refractivity contribution >= 4 is 0 Å².